The van der Waals surface area contributed by atoms with E-state index in [-0.39, 0.29) is 22.4 Å². The highest BCUT2D eigenvalue weighted by molar-refractivity contribution is 7.89. The second-order valence-corrected chi connectivity index (χ2v) is 8.47. The Labute approximate surface area is 157 Å². The van der Waals surface area contributed by atoms with Crippen molar-refractivity contribution in [2.24, 2.45) is 0 Å². The van der Waals surface area contributed by atoms with Gasteiger partial charge in [0, 0.05) is 23.2 Å². The molecule has 4 rings (SSSR count). The molecule has 138 valence electrons. The Morgan fingerprint density at radius 2 is 1.93 bits per heavy atom. The number of amides is 1. The van der Waals surface area contributed by atoms with Crippen LogP contribution in [-0.2, 0) is 10.0 Å². The van der Waals surface area contributed by atoms with Gasteiger partial charge in [0.1, 0.15) is 0 Å². The lowest BCUT2D eigenvalue weighted by Gasteiger charge is -2.10. The van der Waals surface area contributed by atoms with E-state index in [1.807, 2.05) is 25.1 Å². The molecule has 1 fully saturated rings. The van der Waals surface area contributed by atoms with Gasteiger partial charge in [-0.1, -0.05) is 17.7 Å². The highest BCUT2D eigenvalue weighted by Gasteiger charge is 2.28. The summed E-state index contributed by atoms with van der Waals surface area (Å²) in [5.74, 6) is -0.368. The number of hydrogen-bond acceptors (Lipinski definition) is 4. The number of benzene rings is 2. The highest BCUT2D eigenvalue weighted by atomic mass is 32.2. The molecular formula is C20H19N3O3S. The lowest BCUT2D eigenvalue weighted by Crippen LogP contribution is -2.26. The van der Waals surface area contributed by atoms with E-state index in [0.717, 1.165) is 29.3 Å². The van der Waals surface area contributed by atoms with Crippen LogP contribution in [0.5, 0.6) is 0 Å². The van der Waals surface area contributed by atoms with Crippen LogP contribution in [0.3, 0.4) is 0 Å². The van der Waals surface area contributed by atoms with E-state index in [0.29, 0.717) is 5.69 Å². The molecule has 1 aromatic heterocycles. The second-order valence-electron chi connectivity index (χ2n) is 6.76. The molecule has 7 heteroatoms. The van der Waals surface area contributed by atoms with Crippen molar-refractivity contribution in [2.75, 3.05) is 5.32 Å². The summed E-state index contributed by atoms with van der Waals surface area (Å²) >= 11 is 0. The lowest BCUT2D eigenvalue weighted by molar-refractivity contribution is 0.102. The van der Waals surface area contributed by atoms with E-state index in [2.05, 4.69) is 15.0 Å². The van der Waals surface area contributed by atoms with E-state index in [9.17, 15) is 13.2 Å². The molecule has 1 amide bonds. The molecule has 0 unspecified atom stereocenters. The van der Waals surface area contributed by atoms with Crippen LogP contribution in [0.1, 0.15) is 28.8 Å². The number of fused-ring (bicyclic) bond motifs is 1. The normalized spacial score (nSPS) is 14.3. The number of carbonyl (C=O) groups excluding carboxylic acids is 1. The van der Waals surface area contributed by atoms with Crippen LogP contribution in [-0.4, -0.2) is 25.4 Å². The minimum absolute atomic E-state index is 0.0129. The predicted molar refractivity (Wildman–Crippen MR) is 104 cm³/mol. The Kier molecular flexibility index (Phi) is 4.41. The van der Waals surface area contributed by atoms with Crippen LogP contribution in [0, 0.1) is 6.92 Å². The molecule has 1 saturated carbocycles. The SMILES string of the molecule is Cc1ccc2nccc(NC(=O)c3cccc(S(=O)(=O)NC4CC4)c3)c2c1. The van der Waals surface area contributed by atoms with Gasteiger partial charge in [-0.25, -0.2) is 13.1 Å². The Morgan fingerprint density at radius 3 is 2.70 bits per heavy atom. The van der Waals surface area contributed by atoms with Crippen LogP contribution in [0.4, 0.5) is 5.69 Å². The molecule has 0 saturated heterocycles. The molecule has 2 N–H and O–H groups in total. The topological polar surface area (TPSA) is 88.2 Å². The van der Waals surface area contributed by atoms with Crippen LogP contribution in [0.2, 0.25) is 0 Å². The maximum atomic E-state index is 12.7. The van der Waals surface area contributed by atoms with Crippen molar-refractivity contribution < 1.29 is 13.2 Å². The zero-order chi connectivity index (χ0) is 19.0. The minimum atomic E-state index is -3.61. The molecule has 0 bridgehead atoms. The fraction of sp³-hybridized carbons (Fsp3) is 0.200. The van der Waals surface area contributed by atoms with Gasteiger partial charge in [0.15, 0.2) is 0 Å². The molecule has 2 aromatic carbocycles. The van der Waals surface area contributed by atoms with Gasteiger partial charge in [0.2, 0.25) is 10.0 Å². The quantitative estimate of drug-likeness (QED) is 0.710. The second kappa shape index (κ2) is 6.75. The van der Waals surface area contributed by atoms with Crippen molar-refractivity contribution in [2.45, 2.75) is 30.7 Å². The third kappa shape index (κ3) is 3.84. The molecule has 3 aromatic rings. The van der Waals surface area contributed by atoms with Gasteiger partial charge in [-0.3, -0.25) is 9.78 Å². The van der Waals surface area contributed by atoms with E-state index in [4.69, 9.17) is 0 Å². The number of hydrogen-bond donors (Lipinski definition) is 2. The molecule has 1 heterocycles. The summed E-state index contributed by atoms with van der Waals surface area (Å²) in [6.45, 7) is 1.97. The molecule has 0 atom stereocenters. The fourth-order valence-corrected chi connectivity index (χ4v) is 4.21. The Hall–Kier alpha value is -2.77. The van der Waals surface area contributed by atoms with Gasteiger partial charge in [0.05, 0.1) is 16.1 Å². The average molecular weight is 381 g/mol. The highest BCUT2D eigenvalue weighted by Crippen LogP contribution is 2.25. The van der Waals surface area contributed by atoms with Crippen molar-refractivity contribution >= 4 is 32.5 Å². The number of nitrogens with one attached hydrogen (secondary N) is 2. The molecule has 1 aliphatic rings. The first-order chi connectivity index (χ1) is 12.9. The Balaban J connectivity index is 1.62. The molecule has 0 radical (unpaired) electrons. The summed E-state index contributed by atoms with van der Waals surface area (Å²) in [5.41, 5.74) is 2.76. The summed E-state index contributed by atoms with van der Waals surface area (Å²) in [6, 6.07) is 13.6. The van der Waals surface area contributed by atoms with Gasteiger partial charge < -0.3 is 5.32 Å². The van der Waals surface area contributed by atoms with E-state index in [1.54, 1.807) is 24.4 Å². The van der Waals surface area contributed by atoms with Gasteiger partial charge >= 0.3 is 0 Å². The van der Waals surface area contributed by atoms with Crippen LogP contribution < -0.4 is 10.0 Å². The minimum Gasteiger partial charge on any atom is -0.321 e. The third-order valence-corrected chi connectivity index (χ3v) is 5.97. The first-order valence-electron chi connectivity index (χ1n) is 8.71. The van der Waals surface area contributed by atoms with Crippen molar-refractivity contribution in [3.8, 4) is 0 Å². The average Bonchev–Trinajstić information content (AvgIpc) is 3.45. The largest absolute Gasteiger partial charge is 0.321 e. The van der Waals surface area contributed by atoms with E-state index < -0.39 is 10.0 Å². The number of aromatic nitrogens is 1. The number of sulfonamides is 1. The number of pyridine rings is 1. The van der Waals surface area contributed by atoms with Gasteiger partial charge in [-0.05, 0) is 56.2 Å². The standard InChI is InChI=1S/C20H19N3O3S/c1-13-5-8-18-17(11-13)19(9-10-21-18)22-20(24)14-3-2-4-16(12-14)27(25,26)23-15-6-7-15/h2-5,8-12,15,23H,6-7H2,1H3,(H,21,22,24). The number of anilines is 1. The number of carbonyl (C=O) groups is 1. The molecular weight excluding hydrogens is 362 g/mol. The predicted octanol–water partition coefficient (Wildman–Crippen LogP) is 3.24. The van der Waals surface area contributed by atoms with Crippen LogP contribution in [0.25, 0.3) is 10.9 Å². The number of nitrogens with zero attached hydrogens (tertiary/aromatic N) is 1. The summed E-state index contributed by atoms with van der Waals surface area (Å²) in [4.78, 5) is 17.1. The maximum absolute atomic E-state index is 12.7. The van der Waals surface area contributed by atoms with Crippen molar-refractivity contribution in [3.63, 3.8) is 0 Å². The van der Waals surface area contributed by atoms with Crippen molar-refractivity contribution in [1.82, 2.24) is 9.71 Å². The molecule has 0 aliphatic heterocycles. The first kappa shape index (κ1) is 17.6. The van der Waals surface area contributed by atoms with Crippen LogP contribution in [0.15, 0.2) is 59.6 Å². The molecule has 1 aliphatic carbocycles. The van der Waals surface area contributed by atoms with Gasteiger partial charge in [-0.2, -0.15) is 0 Å². The van der Waals surface area contributed by atoms with Crippen molar-refractivity contribution in [3.05, 3.63) is 65.9 Å². The van der Waals surface area contributed by atoms with Gasteiger partial charge in [0.25, 0.3) is 5.91 Å². The first-order valence-corrected chi connectivity index (χ1v) is 10.2. The summed E-state index contributed by atoms with van der Waals surface area (Å²) < 4.78 is 27.4. The number of rotatable bonds is 5. The van der Waals surface area contributed by atoms with Crippen molar-refractivity contribution in [1.29, 1.82) is 0 Å². The third-order valence-electron chi connectivity index (χ3n) is 4.45. The van der Waals surface area contributed by atoms with E-state index in [1.165, 1.54) is 12.1 Å². The van der Waals surface area contributed by atoms with E-state index >= 15 is 0 Å². The molecule has 0 spiro atoms. The summed E-state index contributed by atoms with van der Waals surface area (Å²) in [6.07, 6.45) is 3.34. The van der Waals surface area contributed by atoms with Gasteiger partial charge in [-0.15, -0.1) is 0 Å². The van der Waals surface area contributed by atoms with Crippen LogP contribution >= 0.6 is 0 Å². The molecule has 27 heavy (non-hydrogen) atoms. The number of aryl methyl sites for hydroxylation is 1. The maximum Gasteiger partial charge on any atom is 0.255 e. The lowest BCUT2D eigenvalue weighted by atomic mass is 10.1. The summed E-state index contributed by atoms with van der Waals surface area (Å²) in [5, 5.41) is 3.70. The Bertz CT molecular complexity index is 1140. The monoisotopic (exact) mass is 381 g/mol. The fourth-order valence-electron chi connectivity index (χ4n) is 2.86. The zero-order valence-corrected chi connectivity index (χ0v) is 15.6. The summed E-state index contributed by atoms with van der Waals surface area (Å²) in [7, 11) is -3.61. The smallest absolute Gasteiger partial charge is 0.255 e. The zero-order valence-electron chi connectivity index (χ0n) is 14.8. The Morgan fingerprint density at radius 1 is 1.11 bits per heavy atom. The molecule has 6 nitrogen and oxygen atoms in total.